The van der Waals surface area contributed by atoms with Crippen molar-refractivity contribution in [3.63, 3.8) is 0 Å². The largest absolute Gasteiger partial charge is 0.465 e. The van der Waals surface area contributed by atoms with Crippen molar-refractivity contribution in [2.24, 2.45) is 5.92 Å². The molecule has 1 fully saturated rings. The van der Waals surface area contributed by atoms with Crippen molar-refractivity contribution < 1.29 is 15.0 Å². The predicted octanol–water partition coefficient (Wildman–Crippen LogP) is 1.92. The minimum atomic E-state index is -0.963. The quantitative estimate of drug-likeness (QED) is 0.756. The minimum absolute atomic E-state index is 0.296. The lowest BCUT2D eigenvalue weighted by Gasteiger charge is -2.40. The van der Waals surface area contributed by atoms with E-state index in [0.29, 0.717) is 5.92 Å². The van der Waals surface area contributed by atoms with E-state index in [1.807, 2.05) is 20.8 Å². The minimum Gasteiger partial charge on any atom is -0.465 e. The van der Waals surface area contributed by atoms with Gasteiger partial charge in [0, 0.05) is 5.54 Å². The van der Waals surface area contributed by atoms with E-state index in [1.165, 1.54) is 4.90 Å². The molecule has 4 heteroatoms. The molecule has 88 valence electrons. The Bertz CT molecular complexity index is 243. The topological polar surface area (TPSA) is 60.8 Å². The van der Waals surface area contributed by atoms with Crippen LogP contribution in [0, 0.1) is 5.92 Å². The van der Waals surface area contributed by atoms with Crippen LogP contribution in [0.25, 0.3) is 0 Å². The Morgan fingerprint density at radius 1 is 1.40 bits per heavy atom. The highest BCUT2D eigenvalue weighted by atomic mass is 16.4. The third kappa shape index (κ3) is 2.84. The lowest BCUT2D eigenvalue weighted by atomic mass is 9.99. The number of carboxylic acid groups (broad SMARTS) is 1. The third-order valence-electron chi connectivity index (χ3n) is 2.94. The van der Waals surface area contributed by atoms with Gasteiger partial charge in [0.2, 0.25) is 0 Å². The molecule has 15 heavy (non-hydrogen) atoms. The highest BCUT2D eigenvalue weighted by Gasteiger charge is 2.40. The summed E-state index contributed by atoms with van der Waals surface area (Å²) < 4.78 is 0. The maximum absolute atomic E-state index is 11.1. The lowest BCUT2D eigenvalue weighted by molar-refractivity contribution is 0.00616. The number of amides is 1. The molecule has 0 unspecified atom stereocenters. The molecule has 1 aliphatic carbocycles. The summed E-state index contributed by atoms with van der Waals surface area (Å²) in [6.45, 7) is 7.31. The average molecular weight is 215 g/mol. The SMILES string of the molecule is C[C@@H]([C@H](O)C1CC1)N(C(=O)O)C(C)(C)C. The number of hydrogen-bond donors (Lipinski definition) is 2. The Morgan fingerprint density at radius 2 is 1.87 bits per heavy atom. The van der Waals surface area contributed by atoms with Gasteiger partial charge in [-0.25, -0.2) is 4.79 Å². The zero-order valence-corrected chi connectivity index (χ0v) is 9.90. The van der Waals surface area contributed by atoms with E-state index >= 15 is 0 Å². The van der Waals surface area contributed by atoms with Gasteiger partial charge in [-0.3, -0.25) is 4.90 Å². The fourth-order valence-corrected chi connectivity index (χ4v) is 2.06. The number of hydrogen-bond acceptors (Lipinski definition) is 2. The van der Waals surface area contributed by atoms with Crippen molar-refractivity contribution in [1.82, 2.24) is 4.90 Å². The zero-order chi connectivity index (χ0) is 11.8. The van der Waals surface area contributed by atoms with Crippen LogP contribution in [0.15, 0.2) is 0 Å². The van der Waals surface area contributed by atoms with Crippen molar-refractivity contribution in [3.8, 4) is 0 Å². The number of aliphatic hydroxyl groups is 1. The Balaban J connectivity index is 2.74. The Labute approximate surface area is 90.9 Å². The fraction of sp³-hybridized carbons (Fsp3) is 0.909. The van der Waals surface area contributed by atoms with Gasteiger partial charge in [-0.15, -0.1) is 0 Å². The smallest absolute Gasteiger partial charge is 0.408 e. The molecule has 1 aliphatic rings. The number of nitrogens with zero attached hydrogens (tertiary/aromatic N) is 1. The van der Waals surface area contributed by atoms with Gasteiger partial charge in [-0.2, -0.15) is 0 Å². The van der Waals surface area contributed by atoms with Gasteiger partial charge >= 0.3 is 6.09 Å². The maximum atomic E-state index is 11.1. The summed E-state index contributed by atoms with van der Waals surface area (Å²) in [4.78, 5) is 12.5. The monoisotopic (exact) mass is 215 g/mol. The van der Waals surface area contributed by atoms with Crippen molar-refractivity contribution in [1.29, 1.82) is 0 Å². The van der Waals surface area contributed by atoms with Crippen LogP contribution >= 0.6 is 0 Å². The molecule has 0 aromatic carbocycles. The van der Waals surface area contributed by atoms with Crippen LogP contribution in [0.2, 0.25) is 0 Å². The van der Waals surface area contributed by atoms with Crippen LogP contribution in [0.1, 0.15) is 40.5 Å². The van der Waals surface area contributed by atoms with Crippen LogP contribution in [0.3, 0.4) is 0 Å². The van der Waals surface area contributed by atoms with Gasteiger partial charge in [0.1, 0.15) is 0 Å². The second kappa shape index (κ2) is 4.00. The van der Waals surface area contributed by atoms with Gasteiger partial charge in [0.25, 0.3) is 0 Å². The molecule has 2 atom stereocenters. The van der Waals surface area contributed by atoms with E-state index in [9.17, 15) is 9.90 Å². The highest BCUT2D eigenvalue weighted by molar-refractivity contribution is 5.66. The van der Waals surface area contributed by atoms with Crippen molar-refractivity contribution in [2.45, 2.75) is 58.2 Å². The van der Waals surface area contributed by atoms with Gasteiger partial charge in [0.05, 0.1) is 12.1 Å². The second-order valence-electron chi connectivity index (χ2n) is 5.39. The standard InChI is InChI=1S/C11H21NO3/c1-7(9(13)8-5-6-8)12(10(14)15)11(2,3)4/h7-9,13H,5-6H2,1-4H3,(H,14,15)/t7-,9-/m0/s1. The molecule has 0 saturated heterocycles. The van der Waals surface area contributed by atoms with Crippen LogP contribution < -0.4 is 0 Å². The van der Waals surface area contributed by atoms with E-state index < -0.39 is 17.7 Å². The fourth-order valence-electron chi connectivity index (χ4n) is 2.06. The van der Waals surface area contributed by atoms with E-state index in [0.717, 1.165) is 12.8 Å². The predicted molar refractivity (Wildman–Crippen MR) is 57.8 cm³/mol. The molecule has 1 amide bonds. The number of carbonyl (C=O) groups is 1. The molecular weight excluding hydrogens is 194 g/mol. The average Bonchev–Trinajstić information content (AvgIpc) is 2.81. The first-order valence-electron chi connectivity index (χ1n) is 5.45. The first kappa shape index (κ1) is 12.3. The first-order valence-corrected chi connectivity index (χ1v) is 5.45. The molecule has 1 rings (SSSR count). The first-order chi connectivity index (χ1) is 6.75. The van der Waals surface area contributed by atoms with E-state index in [-0.39, 0.29) is 6.04 Å². The normalized spacial score (nSPS) is 20.9. The molecule has 0 radical (unpaired) electrons. The Hall–Kier alpha value is -0.770. The van der Waals surface area contributed by atoms with Crippen LogP contribution in [-0.2, 0) is 0 Å². The van der Waals surface area contributed by atoms with Crippen LogP contribution in [0.5, 0.6) is 0 Å². The summed E-state index contributed by atoms with van der Waals surface area (Å²) in [7, 11) is 0. The van der Waals surface area contributed by atoms with E-state index in [4.69, 9.17) is 5.11 Å². The van der Waals surface area contributed by atoms with E-state index in [2.05, 4.69) is 0 Å². The van der Waals surface area contributed by atoms with Crippen LogP contribution in [-0.4, -0.2) is 38.9 Å². The second-order valence-corrected chi connectivity index (χ2v) is 5.39. The summed E-state index contributed by atoms with van der Waals surface area (Å²) in [5, 5.41) is 19.1. The third-order valence-corrected chi connectivity index (χ3v) is 2.94. The molecule has 0 aliphatic heterocycles. The Kier molecular flexibility index (Phi) is 3.28. The van der Waals surface area contributed by atoms with Crippen molar-refractivity contribution in [2.75, 3.05) is 0 Å². The highest BCUT2D eigenvalue weighted by Crippen LogP contribution is 2.36. The number of aliphatic hydroxyl groups excluding tert-OH is 1. The molecule has 0 bridgehead atoms. The number of rotatable bonds is 3. The molecular formula is C11H21NO3. The summed E-state index contributed by atoms with van der Waals surface area (Å²) in [5.74, 6) is 0.296. The molecule has 4 nitrogen and oxygen atoms in total. The van der Waals surface area contributed by atoms with Gasteiger partial charge < -0.3 is 10.2 Å². The van der Waals surface area contributed by atoms with Gasteiger partial charge in [-0.1, -0.05) is 0 Å². The molecule has 0 heterocycles. The summed E-state index contributed by atoms with van der Waals surface area (Å²) in [6, 6.07) is -0.338. The summed E-state index contributed by atoms with van der Waals surface area (Å²) >= 11 is 0. The zero-order valence-electron chi connectivity index (χ0n) is 9.90. The molecule has 0 aromatic heterocycles. The van der Waals surface area contributed by atoms with Gasteiger partial charge in [-0.05, 0) is 46.5 Å². The summed E-state index contributed by atoms with van der Waals surface area (Å²) in [5.41, 5.74) is -0.471. The Morgan fingerprint density at radius 3 is 2.13 bits per heavy atom. The molecule has 0 aromatic rings. The van der Waals surface area contributed by atoms with Gasteiger partial charge in [0.15, 0.2) is 0 Å². The van der Waals surface area contributed by atoms with Crippen molar-refractivity contribution in [3.05, 3.63) is 0 Å². The lowest BCUT2D eigenvalue weighted by Crippen LogP contribution is -2.54. The van der Waals surface area contributed by atoms with E-state index in [1.54, 1.807) is 6.92 Å². The van der Waals surface area contributed by atoms with Crippen LogP contribution in [0.4, 0.5) is 4.79 Å². The molecule has 1 saturated carbocycles. The molecule has 2 N–H and O–H groups in total. The van der Waals surface area contributed by atoms with Crippen molar-refractivity contribution >= 4 is 6.09 Å². The maximum Gasteiger partial charge on any atom is 0.408 e. The summed E-state index contributed by atoms with van der Waals surface area (Å²) in [6.07, 6.45) is 0.543. The molecule has 0 spiro atoms.